The number of benzene rings is 3. The lowest BCUT2D eigenvalue weighted by Gasteiger charge is -2.25. The summed E-state index contributed by atoms with van der Waals surface area (Å²) >= 11 is 3.39. The number of rotatable bonds is 5. The number of para-hydroxylation sites is 2. The molecule has 6 nitrogen and oxygen atoms in total. The number of ketones is 1. The van der Waals surface area contributed by atoms with Gasteiger partial charge in [-0.05, 0) is 24.3 Å². The molecule has 1 saturated heterocycles. The van der Waals surface area contributed by atoms with Crippen LogP contribution in [0.15, 0.2) is 89.0 Å². The number of aliphatic hydroxyl groups excluding tert-OH is 1. The molecule has 1 aromatic heterocycles. The van der Waals surface area contributed by atoms with Gasteiger partial charge in [0.2, 0.25) is 0 Å². The van der Waals surface area contributed by atoms with Gasteiger partial charge in [-0.3, -0.25) is 9.59 Å². The molecule has 0 spiro atoms. The number of carbonyl (C=O) groups is 2. The van der Waals surface area contributed by atoms with E-state index in [0.29, 0.717) is 11.3 Å². The molecule has 0 radical (unpaired) electrons. The number of hydrogen-bond acceptors (Lipinski definition) is 4. The number of likely N-dealkylation sites (tertiary alicyclic amines) is 1. The standard InChI is InChI=1S/C27H21BrN2O4/c1-34-22-9-5-2-6-17(22)15-30-24(20-14-29-21-8-4-3-7-19(20)21)23(26(32)27(30)33)25(31)16-10-12-18(28)13-11-16/h2-14,24,29,31H,15H2,1H3/b25-23+. The second kappa shape index (κ2) is 8.83. The van der Waals surface area contributed by atoms with E-state index in [1.807, 2.05) is 48.5 Å². The molecule has 1 atom stereocenters. The highest BCUT2D eigenvalue weighted by molar-refractivity contribution is 9.10. The van der Waals surface area contributed by atoms with Crippen LogP contribution in [0.25, 0.3) is 16.7 Å². The number of nitrogens with zero attached hydrogens (tertiary/aromatic N) is 1. The molecule has 1 fully saturated rings. The van der Waals surface area contributed by atoms with E-state index in [9.17, 15) is 14.7 Å². The molecule has 3 aromatic carbocycles. The smallest absolute Gasteiger partial charge is 0.295 e. The summed E-state index contributed by atoms with van der Waals surface area (Å²) in [6, 6.07) is 21.3. The largest absolute Gasteiger partial charge is 0.507 e. The number of H-pyrrole nitrogens is 1. The Bertz CT molecular complexity index is 1440. The molecule has 2 N–H and O–H groups in total. The fourth-order valence-corrected chi connectivity index (χ4v) is 4.73. The normalized spacial score (nSPS) is 17.5. The SMILES string of the molecule is COc1ccccc1CN1C(=O)C(=O)/C(=C(/O)c2ccc(Br)cc2)C1c1c[nH]c2ccccc12. The van der Waals surface area contributed by atoms with Gasteiger partial charge in [0.05, 0.1) is 25.3 Å². The number of amides is 1. The fraction of sp³-hybridized carbons (Fsp3) is 0.111. The Morgan fingerprint density at radius 1 is 1.03 bits per heavy atom. The first-order chi connectivity index (χ1) is 16.5. The minimum atomic E-state index is -0.773. The summed E-state index contributed by atoms with van der Waals surface area (Å²) in [6.07, 6.45) is 1.80. The van der Waals surface area contributed by atoms with Crippen LogP contribution >= 0.6 is 15.9 Å². The van der Waals surface area contributed by atoms with Gasteiger partial charge in [-0.2, -0.15) is 0 Å². The van der Waals surface area contributed by atoms with Crippen molar-refractivity contribution in [2.24, 2.45) is 0 Å². The number of fused-ring (bicyclic) bond motifs is 1. The van der Waals surface area contributed by atoms with Crippen LogP contribution < -0.4 is 4.74 Å². The molecular weight excluding hydrogens is 496 g/mol. The van der Waals surface area contributed by atoms with Crippen molar-refractivity contribution in [3.63, 3.8) is 0 Å². The Balaban J connectivity index is 1.71. The van der Waals surface area contributed by atoms with Gasteiger partial charge in [0.25, 0.3) is 11.7 Å². The van der Waals surface area contributed by atoms with Crippen molar-refractivity contribution in [2.45, 2.75) is 12.6 Å². The van der Waals surface area contributed by atoms with Crippen LogP contribution in [0.5, 0.6) is 5.75 Å². The summed E-state index contributed by atoms with van der Waals surface area (Å²) in [7, 11) is 1.57. The monoisotopic (exact) mass is 516 g/mol. The number of methoxy groups -OCH3 is 1. The predicted molar refractivity (Wildman–Crippen MR) is 133 cm³/mol. The summed E-state index contributed by atoms with van der Waals surface area (Å²) < 4.78 is 6.32. The van der Waals surface area contributed by atoms with Crippen LogP contribution in [0.1, 0.15) is 22.7 Å². The first-order valence-corrected chi connectivity index (χ1v) is 11.5. The number of nitrogens with one attached hydrogen (secondary N) is 1. The summed E-state index contributed by atoms with van der Waals surface area (Å²) in [5, 5.41) is 12.1. The third-order valence-corrected chi connectivity index (χ3v) is 6.64. The van der Waals surface area contributed by atoms with Gasteiger partial charge in [0.1, 0.15) is 11.5 Å². The molecule has 1 amide bonds. The van der Waals surface area contributed by atoms with E-state index in [0.717, 1.165) is 26.5 Å². The summed E-state index contributed by atoms with van der Waals surface area (Å²) in [4.78, 5) is 31.4. The van der Waals surface area contributed by atoms with Crippen LogP contribution in [0, 0.1) is 0 Å². The minimum absolute atomic E-state index is 0.0620. The number of halogens is 1. The molecule has 34 heavy (non-hydrogen) atoms. The first kappa shape index (κ1) is 22.0. The molecule has 4 aromatic rings. The minimum Gasteiger partial charge on any atom is -0.507 e. The second-order valence-corrected chi connectivity index (χ2v) is 8.95. The van der Waals surface area contributed by atoms with Gasteiger partial charge >= 0.3 is 0 Å². The van der Waals surface area contributed by atoms with Gasteiger partial charge in [0, 0.05) is 38.3 Å². The third kappa shape index (κ3) is 3.68. The van der Waals surface area contributed by atoms with Crippen molar-refractivity contribution in [1.82, 2.24) is 9.88 Å². The topological polar surface area (TPSA) is 82.6 Å². The third-order valence-electron chi connectivity index (χ3n) is 6.11. The summed E-state index contributed by atoms with van der Waals surface area (Å²) in [6.45, 7) is 0.149. The van der Waals surface area contributed by atoms with E-state index in [2.05, 4.69) is 20.9 Å². The molecule has 1 unspecified atom stereocenters. The van der Waals surface area contributed by atoms with Crippen LogP contribution in [0.4, 0.5) is 0 Å². The van der Waals surface area contributed by atoms with Crippen molar-refractivity contribution >= 4 is 44.3 Å². The Labute approximate surface area is 204 Å². The van der Waals surface area contributed by atoms with Crippen LogP contribution in [-0.4, -0.2) is 33.8 Å². The number of ether oxygens (including phenoxy) is 1. The Kier molecular flexibility index (Phi) is 5.71. The highest BCUT2D eigenvalue weighted by Crippen LogP contribution is 2.43. The Hall–Kier alpha value is -3.84. The van der Waals surface area contributed by atoms with Crippen molar-refractivity contribution in [3.8, 4) is 5.75 Å². The zero-order valence-electron chi connectivity index (χ0n) is 18.3. The maximum absolute atomic E-state index is 13.3. The van der Waals surface area contributed by atoms with Crippen molar-refractivity contribution < 1.29 is 19.4 Å². The summed E-state index contributed by atoms with van der Waals surface area (Å²) in [5.41, 5.74) is 2.91. The second-order valence-electron chi connectivity index (χ2n) is 8.04. The van der Waals surface area contributed by atoms with Crippen LogP contribution in [-0.2, 0) is 16.1 Å². The zero-order chi connectivity index (χ0) is 23.8. The Morgan fingerprint density at radius 2 is 1.74 bits per heavy atom. The molecule has 0 bridgehead atoms. The summed E-state index contributed by atoms with van der Waals surface area (Å²) in [5.74, 6) is -0.968. The van der Waals surface area contributed by atoms with E-state index in [1.165, 1.54) is 4.90 Å². The maximum Gasteiger partial charge on any atom is 0.295 e. The van der Waals surface area contributed by atoms with Crippen molar-refractivity contribution in [2.75, 3.05) is 7.11 Å². The predicted octanol–water partition coefficient (Wildman–Crippen LogP) is 5.56. The van der Waals surface area contributed by atoms with Crippen molar-refractivity contribution in [1.29, 1.82) is 0 Å². The number of hydrogen-bond donors (Lipinski definition) is 2. The molecule has 170 valence electrons. The molecule has 2 heterocycles. The molecule has 0 aliphatic carbocycles. The highest BCUT2D eigenvalue weighted by Gasteiger charge is 2.47. The van der Waals surface area contributed by atoms with Crippen LogP contribution in [0.3, 0.4) is 0 Å². The van der Waals surface area contributed by atoms with Gasteiger partial charge in [-0.1, -0.05) is 64.5 Å². The van der Waals surface area contributed by atoms with E-state index >= 15 is 0 Å². The molecule has 5 rings (SSSR count). The highest BCUT2D eigenvalue weighted by atomic mass is 79.9. The number of carbonyl (C=O) groups excluding carboxylic acids is 2. The lowest BCUT2D eigenvalue weighted by Crippen LogP contribution is -2.29. The van der Waals surface area contributed by atoms with Gasteiger partial charge in [0.15, 0.2) is 0 Å². The molecule has 7 heteroatoms. The van der Waals surface area contributed by atoms with Crippen LogP contribution in [0.2, 0.25) is 0 Å². The van der Waals surface area contributed by atoms with Gasteiger partial charge < -0.3 is 19.7 Å². The lowest BCUT2D eigenvalue weighted by atomic mass is 9.95. The molecular formula is C27H21BrN2O4. The molecule has 0 saturated carbocycles. The Morgan fingerprint density at radius 3 is 2.50 bits per heavy atom. The number of aliphatic hydroxyl groups is 1. The zero-order valence-corrected chi connectivity index (χ0v) is 19.9. The molecule has 1 aliphatic rings. The number of Topliss-reactive ketones (excluding diaryl/α,β-unsaturated/α-hetero) is 1. The van der Waals surface area contributed by atoms with Gasteiger partial charge in [-0.25, -0.2) is 0 Å². The quantitative estimate of drug-likeness (QED) is 0.206. The lowest BCUT2D eigenvalue weighted by molar-refractivity contribution is -0.140. The first-order valence-electron chi connectivity index (χ1n) is 10.7. The fourth-order valence-electron chi connectivity index (χ4n) is 4.47. The molecule has 1 aliphatic heterocycles. The number of aromatic nitrogens is 1. The average molecular weight is 517 g/mol. The van der Waals surface area contributed by atoms with E-state index < -0.39 is 17.7 Å². The average Bonchev–Trinajstić information content (AvgIpc) is 3.39. The number of aromatic amines is 1. The van der Waals surface area contributed by atoms with Crippen molar-refractivity contribution in [3.05, 3.63) is 106 Å². The van der Waals surface area contributed by atoms with E-state index in [1.54, 1.807) is 37.6 Å². The van der Waals surface area contributed by atoms with E-state index in [4.69, 9.17) is 4.74 Å². The maximum atomic E-state index is 13.3. The van der Waals surface area contributed by atoms with Gasteiger partial charge in [-0.15, -0.1) is 0 Å². The van der Waals surface area contributed by atoms with E-state index in [-0.39, 0.29) is 17.9 Å².